The highest BCUT2D eigenvalue weighted by molar-refractivity contribution is 5.88. The fourth-order valence-electron chi connectivity index (χ4n) is 1.90. The summed E-state index contributed by atoms with van der Waals surface area (Å²) >= 11 is 0. The minimum atomic E-state index is -4.51. The number of anilines is 1. The summed E-state index contributed by atoms with van der Waals surface area (Å²) in [5.74, 6) is 0. The first kappa shape index (κ1) is 13.4. The molecule has 2 N–H and O–H groups in total. The molecule has 0 aromatic carbocycles. The number of nitrogen functional groups attached to an aromatic ring is 1. The van der Waals surface area contributed by atoms with Crippen molar-refractivity contribution in [1.82, 2.24) is 14.1 Å². The third-order valence-corrected chi connectivity index (χ3v) is 3.06. The van der Waals surface area contributed by atoms with E-state index in [2.05, 4.69) is 4.98 Å². The number of fused-ring (bicyclic) bond motifs is 1. The van der Waals surface area contributed by atoms with Gasteiger partial charge in [0.05, 0.1) is 5.69 Å². The van der Waals surface area contributed by atoms with Crippen molar-refractivity contribution in [2.24, 2.45) is 0 Å². The van der Waals surface area contributed by atoms with Crippen molar-refractivity contribution < 1.29 is 13.2 Å². The van der Waals surface area contributed by atoms with Crippen LogP contribution >= 0.6 is 0 Å². The average Bonchev–Trinajstić information content (AvgIpc) is 2.65. The summed E-state index contributed by atoms with van der Waals surface area (Å²) in [6.45, 7) is 3.26. The molecule has 19 heavy (non-hydrogen) atoms. The molecule has 0 fully saturated rings. The van der Waals surface area contributed by atoms with Crippen LogP contribution in [0.25, 0.3) is 11.0 Å². The molecule has 1 unspecified atom stereocenters. The summed E-state index contributed by atoms with van der Waals surface area (Å²) < 4.78 is 40.2. The van der Waals surface area contributed by atoms with Gasteiger partial charge in [0.1, 0.15) is 23.4 Å². The Kier molecular flexibility index (Phi) is 3.03. The van der Waals surface area contributed by atoms with E-state index in [-0.39, 0.29) is 11.1 Å². The monoisotopic (exact) mass is 274 g/mol. The number of halogens is 3. The number of nitrogens with two attached hydrogens (primary N) is 1. The van der Waals surface area contributed by atoms with Crippen LogP contribution < -0.4 is 11.3 Å². The maximum Gasteiger partial charge on any atom is 0.409 e. The Morgan fingerprint density at radius 2 is 2.11 bits per heavy atom. The zero-order valence-corrected chi connectivity index (χ0v) is 10.4. The predicted molar refractivity (Wildman–Crippen MR) is 64.8 cm³/mol. The third kappa shape index (κ3) is 2.06. The normalized spacial score (nSPS) is 13.9. The molecule has 0 amide bonds. The molecule has 0 saturated carbocycles. The SMILES string of the molecule is CCn1cc(N)c2c(=O)n(C(C)C(F)(F)F)cnc21. The van der Waals surface area contributed by atoms with Crippen LogP contribution in [0.2, 0.25) is 0 Å². The molecular formula is C11H13F3N4O. The predicted octanol–water partition coefficient (Wildman–Crippen LogP) is 1.92. The molecule has 8 heteroatoms. The molecule has 0 aliphatic carbocycles. The summed E-state index contributed by atoms with van der Waals surface area (Å²) in [6.07, 6.45) is -2.10. The van der Waals surface area contributed by atoms with Crippen LogP contribution in [0.4, 0.5) is 18.9 Å². The van der Waals surface area contributed by atoms with Crippen molar-refractivity contribution in [1.29, 1.82) is 0 Å². The Balaban J connectivity index is 2.72. The lowest BCUT2D eigenvalue weighted by atomic mass is 10.3. The molecule has 0 aliphatic heterocycles. The Morgan fingerprint density at radius 1 is 1.47 bits per heavy atom. The first-order valence-electron chi connectivity index (χ1n) is 5.69. The first-order chi connectivity index (χ1) is 8.77. The van der Waals surface area contributed by atoms with Gasteiger partial charge in [-0.2, -0.15) is 13.2 Å². The molecule has 5 nitrogen and oxygen atoms in total. The second kappa shape index (κ2) is 4.29. The van der Waals surface area contributed by atoms with Gasteiger partial charge in [0, 0.05) is 12.7 Å². The first-order valence-corrected chi connectivity index (χ1v) is 5.69. The summed E-state index contributed by atoms with van der Waals surface area (Å²) in [7, 11) is 0. The fraction of sp³-hybridized carbons (Fsp3) is 0.455. The highest BCUT2D eigenvalue weighted by Gasteiger charge is 2.38. The number of aryl methyl sites for hydroxylation is 1. The molecule has 1 atom stereocenters. The molecule has 0 spiro atoms. The molecule has 0 bridgehead atoms. The van der Waals surface area contributed by atoms with E-state index in [4.69, 9.17) is 5.73 Å². The van der Waals surface area contributed by atoms with E-state index in [0.29, 0.717) is 16.8 Å². The number of nitrogens with zero attached hydrogens (tertiary/aromatic N) is 3. The number of rotatable bonds is 2. The van der Waals surface area contributed by atoms with Crippen molar-refractivity contribution in [3.63, 3.8) is 0 Å². The van der Waals surface area contributed by atoms with Gasteiger partial charge in [0.25, 0.3) is 5.56 Å². The summed E-state index contributed by atoms with van der Waals surface area (Å²) in [5, 5.41) is 0.0282. The minimum Gasteiger partial charge on any atom is -0.397 e. The van der Waals surface area contributed by atoms with Crippen molar-refractivity contribution >= 4 is 16.7 Å². The summed E-state index contributed by atoms with van der Waals surface area (Å²) in [5.41, 5.74) is 5.34. The topological polar surface area (TPSA) is 65.8 Å². The van der Waals surface area contributed by atoms with Crippen LogP contribution in [0.1, 0.15) is 19.9 Å². The zero-order chi connectivity index (χ0) is 14.4. The van der Waals surface area contributed by atoms with Gasteiger partial charge in [-0.15, -0.1) is 0 Å². The van der Waals surface area contributed by atoms with Gasteiger partial charge < -0.3 is 10.3 Å². The van der Waals surface area contributed by atoms with Gasteiger partial charge >= 0.3 is 6.18 Å². The standard InChI is InChI=1S/C11H13F3N4O/c1-3-17-4-7(15)8-9(17)16-5-18(10(8)19)6(2)11(12,13)14/h4-6H,3,15H2,1-2H3. The van der Waals surface area contributed by atoms with Crippen LogP contribution in [0, 0.1) is 0 Å². The van der Waals surface area contributed by atoms with Crippen molar-refractivity contribution in [2.75, 3.05) is 5.73 Å². The lowest BCUT2D eigenvalue weighted by Crippen LogP contribution is -2.32. The largest absolute Gasteiger partial charge is 0.409 e. The van der Waals surface area contributed by atoms with E-state index in [1.165, 1.54) is 6.20 Å². The van der Waals surface area contributed by atoms with Gasteiger partial charge in [0.15, 0.2) is 0 Å². The highest BCUT2D eigenvalue weighted by Crippen LogP contribution is 2.29. The van der Waals surface area contributed by atoms with Gasteiger partial charge in [-0.1, -0.05) is 0 Å². The molecule has 2 rings (SSSR count). The van der Waals surface area contributed by atoms with Gasteiger partial charge in [-0.3, -0.25) is 9.36 Å². The number of hydrogen-bond donors (Lipinski definition) is 1. The van der Waals surface area contributed by atoms with Crippen LogP contribution in [0.5, 0.6) is 0 Å². The second-order valence-corrected chi connectivity index (χ2v) is 4.24. The molecular weight excluding hydrogens is 261 g/mol. The maximum atomic E-state index is 12.7. The lowest BCUT2D eigenvalue weighted by molar-refractivity contribution is -0.163. The van der Waals surface area contributed by atoms with E-state index >= 15 is 0 Å². The summed E-state index contributed by atoms with van der Waals surface area (Å²) in [6, 6.07) is -1.94. The highest BCUT2D eigenvalue weighted by atomic mass is 19.4. The second-order valence-electron chi connectivity index (χ2n) is 4.24. The van der Waals surface area contributed by atoms with Gasteiger partial charge in [-0.05, 0) is 13.8 Å². The molecule has 2 aromatic heterocycles. The fourth-order valence-corrected chi connectivity index (χ4v) is 1.90. The molecule has 0 saturated heterocycles. The average molecular weight is 274 g/mol. The number of alkyl halides is 3. The number of hydrogen-bond acceptors (Lipinski definition) is 3. The number of aromatic nitrogens is 3. The lowest BCUT2D eigenvalue weighted by Gasteiger charge is -2.17. The molecule has 0 radical (unpaired) electrons. The van der Waals surface area contributed by atoms with Crippen LogP contribution in [0.3, 0.4) is 0 Å². The van der Waals surface area contributed by atoms with E-state index in [0.717, 1.165) is 13.3 Å². The zero-order valence-electron chi connectivity index (χ0n) is 10.4. The Labute approximate surface area is 106 Å². The Morgan fingerprint density at radius 3 is 2.63 bits per heavy atom. The third-order valence-electron chi connectivity index (χ3n) is 3.06. The summed E-state index contributed by atoms with van der Waals surface area (Å²) in [4.78, 5) is 16.0. The Hall–Kier alpha value is -1.99. The Bertz CT molecular complexity index is 671. The van der Waals surface area contributed by atoms with Crippen LogP contribution in [-0.4, -0.2) is 20.3 Å². The van der Waals surface area contributed by atoms with E-state index < -0.39 is 17.8 Å². The van der Waals surface area contributed by atoms with Crippen LogP contribution in [-0.2, 0) is 6.54 Å². The smallest absolute Gasteiger partial charge is 0.397 e. The van der Waals surface area contributed by atoms with E-state index in [1.54, 1.807) is 4.57 Å². The molecule has 104 valence electrons. The quantitative estimate of drug-likeness (QED) is 0.909. The van der Waals surface area contributed by atoms with Gasteiger partial charge in [-0.25, -0.2) is 4.98 Å². The van der Waals surface area contributed by atoms with Crippen molar-refractivity contribution in [2.45, 2.75) is 32.6 Å². The molecule has 2 heterocycles. The molecule has 2 aromatic rings. The van der Waals surface area contributed by atoms with Crippen molar-refractivity contribution in [3.05, 3.63) is 22.9 Å². The molecule has 0 aliphatic rings. The van der Waals surface area contributed by atoms with Crippen LogP contribution in [0.15, 0.2) is 17.3 Å². The maximum absolute atomic E-state index is 12.7. The van der Waals surface area contributed by atoms with E-state index in [1.807, 2.05) is 6.92 Å². The van der Waals surface area contributed by atoms with Gasteiger partial charge in [0.2, 0.25) is 0 Å². The minimum absolute atomic E-state index is 0.0282. The van der Waals surface area contributed by atoms with Crippen molar-refractivity contribution in [3.8, 4) is 0 Å². The van der Waals surface area contributed by atoms with E-state index in [9.17, 15) is 18.0 Å².